The van der Waals surface area contributed by atoms with Gasteiger partial charge >= 0.3 is 6.03 Å². The zero-order valence-electron chi connectivity index (χ0n) is 11.6. The summed E-state index contributed by atoms with van der Waals surface area (Å²) in [6.45, 7) is 3.84. The van der Waals surface area contributed by atoms with Crippen LogP contribution in [-0.4, -0.2) is 81.1 Å². The number of likely N-dealkylation sites (tertiary alicyclic amines) is 1. The third kappa shape index (κ3) is 4.91. The average Bonchev–Trinajstić information content (AvgIpc) is 2.28. The molecule has 0 aromatic carbocycles. The van der Waals surface area contributed by atoms with E-state index < -0.39 is 0 Å². The van der Waals surface area contributed by atoms with Crippen LogP contribution in [0.5, 0.6) is 0 Å². The molecule has 0 bridgehead atoms. The molecule has 0 aromatic heterocycles. The number of rotatable bonds is 4. The Hall–Kier alpha value is -0.810. The van der Waals surface area contributed by atoms with Crippen LogP contribution in [0, 0.1) is 0 Å². The third-order valence-electron chi connectivity index (χ3n) is 3.14. The van der Waals surface area contributed by atoms with Crippen molar-refractivity contribution in [3.05, 3.63) is 0 Å². The first-order chi connectivity index (χ1) is 8.00. The van der Waals surface area contributed by atoms with Crippen LogP contribution in [0.3, 0.4) is 0 Å². The zero-order valence-corrected chi connectivity index (χ0v) is 11.6. The van der Waals surface area contributed by atoms with E-state index in [2.05, 4.69) is 24.3 Å². The molecule has 1 aliphatic rings. The number of nitrogens with zero attached hydrogens (tertiary/aromatic N) is 3. The van der Waals surface area contributed by atoms with Gasteiger partial charge < -0.3 is 20.0 Å². The molecule has 1 fully saturated rings. The Morgan fingerprint density at radius 1 is 1.24 bits per heavy atom. The van der Waals surface area contributed by atoms with E-state index in [1.54, 1.807) is 4.90 Å². The summed E-state index contributed by atoms with van der Waals surface area (Å²) in [5, 5.41) is 3.55. The van der Waals surface area contributed by atoms with E-state index in [1.807, 2.05) is 19.0 Å². The fraction of sp³-hybridized carbons (Fsp3) is 0.917. The summed E-state index contributed by atoms with van der Waals surface area (Å²) in [5.41, 5.74) is 0. The Balaban J connectivity index is 2.19. The van der Waals surface area contributed by atoms with Gasteiger partial charge in [-0.1, -0.05) is 0 Å². The molecule has 1 aliphatic heterocycles. The van der Waals surface area contributed by atoms with Crippen LogP contribution in [0.25, 0.3) is 0 Å². The van der Waals surface area contributed by atoms with Gasteiger partial charge in [-0.2, -0.15) is 0 Å². The molecule has 5 nitrogen and oxygen atoms in total. The van der Waals surface area contributed by atoms with Crippen LogP contribution in [-0.2, 0) is 0 Å². The molecule has 1 heterocycles. The Kier molecular flexibility index (Phi) is 5.71. The van der Waals surface area contributed by atoms with Crippen molar-refractivity contribution in [2.45, 2.75) is 18.9 Å². The molecule has 1 saturated heterocycles. The fourth-order valence-electron chi connectivity index (χ4n) is 2.05. The first kappa shape index (κ1) is 14.3. The number of nitrogens with one attached hydrogen (secondary N) is 1. The Bertz CT molecular complexity index is 235. The van der Waals surface area contributed by atoms with E-state index in [1.165, 1.54) is 0 Å². The summed E-state index contributed by atoms with van der Waals surface area (Å²) >= 11 is 0. The average molecular weight is 242 g/mol. The lowest BCUT2D eigenvalue weighted by Gasteiger charge is -2.34. The predicted octanol–water partition coefficient (Wildman–Crippen LogP) is 0.284. The third-order valence-corrected chi connectivity index (χ3v) is 3.14. The number of urea groups is 1. The molecular formula is C12H26N4O. The van der Waals surface area contributed by atoms with Crippen LogP contribution in [0.1, 0.15) is 12.8 Å². The summed E-state index contributed by atoms with van der Waals surface area (Å²) in [6, 6.07) is 0.706. The largest absolute Gasteiger partial charge is 0.331 e. The second-order valence-corrected chi connectivity index (χ2v) is 5.20. The molecule has 0 radical (unpaired) electrons. The maximum atomic E-state index is 11.7. The first-order valence-corrected chi connectivity index (χ1v) is 6.35. The first-order valence-electron chi connectivity index (χ1n) is 6.35. The number of amides is 2. The van der Waals surface area contributed by atoms with Gasteiger partial charge in [0.15, 0.2) is 0 Å². The Morgan fingerprint density at radius 2 is 1.82 bits per heavy atom. The lowest BCUT2D eigenvalue weighted by molar-refractivity contribution is 0.152. The SMILES string of the molecule is CN(C)CCNC1CCN(C(=O)N(C)C)CC1. The summed E-state index contributed by atoms with van der Waals surface area (Å²) in [5.74, 6) is 0. The van der Waals surface area contributed by atoms with Crippen molar-refractivity contribution < 1.29 is 4.79 Å². The lowest BCUT2D eigenvalue weighted by Crippen LogP contribution is -2.48. The normalized spacial score (nSPS) is 17.6. The van der Waals surface area contributed by atoms with Crippen molar-refractivity contribution in [3.63, 3.8) is 0 Å². The highest BCUT2D eigenvalue weighted by molar-refractivity contribution is 5.73. The van der Waals surface area contributed by atoms with Crippen LogP contribution in [0.15, 0.2) is 0 Å². The summed E-state index contributed by atoms with van der Waals surface area (Å²) in [4.78, 5) is 17.5. The van der Waals surface area contributed by atoms with Gasteiger partial charge in [0, 0.05) is 46.3 Å². The summed E-state index contributed by atoms with van der Waals surface area (Å²) < 4.78 is 0. The molecule has 0 aliphatic carbocycles. The van der Waals surface area contributed by atoms with Gasteiger partial charge in [0.1, 0.15) is 0 Å². The number of piperidine rings is 1. The highest BCUT2D eigenvalue weighted by Crippen LogP contribution is 2.11. The summed E-state index contributed by atoms with van der Waals surface area (Å²) in [6.07, 6.45) is 2.13. The van der Waals surface area contributed by atoms with E-state index in [-0.39, 0.29) is 6.03 Å². The maximum absolute atomic E-state index is 11.7. The van der Waals surface area contributed by atoms with E-state index in [0.717, 1.165) is 39.0 Å². The molecule has 0 aromatic rings. The topological polar surface area (TPSA) is 38.8 Å². The van der Waals surface area contributed by atoms with Crippen LogP contribution < -0.4 is 5.32 Å². The Morgan fingerprint density at radius 3 is 2.29 bits per heavy atom. The van der Waals surface area contributed by atoms with E-state index in [4.69, 9.17) is 0 Å². The van der Waals surface area contributed by atoms with Crippen molar-refractivity contribution in [2.24, 2.45) is 0 Å². The van der Waals surface area contributed by atoms with Gasteiger partial charge in [0.2, 0.25) is 0 Å². The molecule has 1 rings (SSSR count). The quantitative estimate of drug-likeness (QED) is 0.770. The van der Waals surface area contributed by atoms with Crippen molar-refractivity contribution in [3.8, 4) is 0 Å². The van der Waals surface area contributed by atoms with Crippen LogP contribution in [0.2, 0.25) is 0 Å². The van der Waals surface area contributed by atoms with E-state index in [0.29, 0.717) is 6.04 Å². The Labute approximate surface area is 105 Å². The maximum Gasteiger partial charge on any atom is 0.319 e. The molecular weight excluding hydrogens is 216 g/mol. The molecule has 1 N–H and O–H groups in total. The minimum atomic E-state index is 0.136. The number of likely N-dealkylation sites (N-methyl/N-ethyl adjacent to an activating group) is 1. The molecule has 17 heavy (non-hydrogen) atoms. The molecule has 5 heteroatoms. The molecule has 2 amide bonds. The monoisotopic (exact) mass is 242 g/mol. The van der Waals surface area contributed by atoms with E-state index in [9.17, 15) is 4.79 Å². The van der Waals surface area contributed by atoms with Gasteiger partial charge in [-0.25, -0.2) is 4.79 Å². The van der Waals surface area contributed by atoms with Gasteiger partial charge in [-0.05, 0) is 26.9 Å². The number of hydrogen-bond acceptors (Lipinski definition) is 3. The predicted molar refractivity (Wildman–Crippen MR) is 70.2 cm³/mol. The molecule has 0 saturated carbocycles. The smallest absolute Gasteiger partial charge is 0.319 e. The lowest BCUT2D eigenvalue weighted by atomic mass is 10.1. The van der Waals surface area contributed by atoms with Crippen LogP contribution in [0.4, 0.5) is 4.79 Å². The number of carbonyl (C=O) groups is 1. The van der Waals surface area contributed by atoms with Gasteiger partial charge in [-0.15, -0.1) is 0 Å². The minimum Gasteiger partial charge on any atom is -0.331 e. The van der Waals surface area contributed by atoms with Gasteiger partial charge in [0.25, 0.3) is 0 Å². The molecule has 0 spiro atoms. The van der Waals surface area contributed by atoms with Crippen molar-refractivity contribution >= 4 is 6.03 Å². The highest BCUT2D eigenvalue weighted by atomic mass is 16.2. The number of carbonyl (C=O) groups excluding carboxylic acids is 1. The zero-order chi connectivity index (χ0) is 12.8. The van der Waals surface area contributed by atoms with Crippen LogP contribution >= 0.6 is 0 Å². The van der Waals surface area contributed by atoms with Gasteiger partial charge in [-0.3, -0.25) is 0 Å². The number of hydrogen-bond donors (Lipinski definition) is 1. The fourth-order valence-corrected chi connectivity index (χ4v) is 2.05. The van der Waals surface area contributed by atoms with E-state index >= 15 is 0 Å². The summed E-state index contributed by atoms with van der Waals surface area (Å²) in [7, 11) is 7.79. The molecule has 0 unspecified atom stereocenters. The molecule has 0 atom stereocenters. The second-order valence-electron chi connectivity index (χ2n) is 5.20. The minimum absolute atomic E-state index is 0.136. The standard InChI is InChI=1S/C12H26N4O/c1-14(2)10-7-13-11-5-8-16(9-6-11)12(17)15(3)4/h11,13H,5-10H2,1-4H3. The van der Waals surface area contributed by atoms with Crippen molar-refractivity contribution in [2.75, 3.05) is 54.4 Å². The second kappa shape index (κ2) is 6.81. The highest BCUT2D eigenvalue weighted by Gasteiger charge is 2.23. The van der Waals surface area contributed by atoms with Crippen molar-refractivity contribution in [1.82, 2.24) is 20.0 Å². The van der Waals surface area contributed by atoms with Gasteiger partial charge in [0.05, 0.1) is 0 Å². The molecule has 100 valence electrons. The van der Waals surface area contributed by atoms with Crippen molar-refractivity contribution in [1.29, 1.82) is 0 Å².